The molecule has 29 heavy (non-hydrogen) atoms. The Bertz CT molecular complexity index is 1110. The minimum Gasteiger partial charge on any atom is -0.350 e. The lowest BCUT2D eigenvalue weighted by Crippen LogP contribution is -2.27. The van der Waals surface area contributed by atoms with Crippen LogP contribution in [0.15, 0.2) is 49.2 Å². The SMILES string of the molecule is CC(C)(C)Nc1ncc2nc(Nc3cccc(Cl)c3)n(CCn3ccnc3)c2n1. The summed E-state index contributed by atoms with van der Waals surface area (Å²) in [4.78, 5) is 18.0. The summed E-state index contributed by atoms with van der Waals surface area (Å²) in [7, 11) is 0. The van der Waals surface area contributed by atoms with Gasteiger partial charge in [-0.25, -0.2) is 15.0 Å². The normalized spacial score (nSPS) is 11.7. The lowest BCUT2D eigenvalue weighted by atomic mass is 10.1. The standard InChI is InChI=1S/C20H23ClN8/c1-20(2,3)27-18-23-12-16-17(26-18)29(10-9-28-8-7-22-13-28)19(25-16)24-15-6-4-5-14(21)11-15/h4-8,11-13H,9-10H2,1-3H3,(H,24,25)(H,23,26,27). The van der Waals surface area contributed by atoms with Gasteiger partial charge in [-0.15, -0.1) is 0 Å². The Morgan fingerprint density at radius 1 is 1.14 bits per heavy atom. The third-order valence-electron chi connectivity index (χ3n) is 4.20. The van der Waals surface area contributed by atoms with Crippen LogP contribution in [0.2, 0.25) is 5.02 Å². The lowest BCUT2D eigenvalue weighted by molar-refractivity contribution is 0.590. The highest BCUT2D eigenvalue weighted by molar-refractivity contribution is 6.30. The van der Waals surface area contributed by atoms with E-state index < -0.39 is 0 Å². The number of nitrogens with one attached hydrogen (secondary N) is 2. The highest BCUT2D eigenvalue weighted by Gasteiger charge is 2.16. The molecule has 0 radical (unpaired) electrons. The second-order valence-electron chi connectivity index (χ2n) is 7.80. The molecule has 2 N–H and O–H groups in total. The Balaban J connectivity index is 1.72. The summed E-state index contributed by atoms with van der Waals surface area (Å²) >= 11 is 6.13. The van der Waals surface area contributed by atoms with Gasteiger partial charge in [0.15, 0.2) is 5.65 Å². The van der Waals surface area contributed by atoms with Gasteiger partial charge in [-0.05, 0) is 39.0 Å². The number of anilines is 3. The van der Waals surface area contributed by atoms with Crippen LogP contribution in [-0.4, -0.2) is 34.6 Å². The molecule has 0 amide bonds. The van der Waals surface area contributed by atoms with Gasteiger partial charge in [0.25, 0.3) is 0 Å². The molecule has 8 nitrogen and oxygen atoms in total. The van der Waals surface area contributed by atoms with Crippen molar-refractivity contribution in [3.05, 3.63) is 54.2 Å². The number of fused-ring (bicyclic) bond motifs is 1. The number of hydrogen-bond acceptors (Lipinski definition) is 6. The Morgan fingerprint density at radius 2 is 2.00 bits per heavy atom. The molecule has 0 unspecified atom stereocenters. The predicted octanol–water partition coefficient (Wildman–Crippen LogP) is 4.33. The van der Waals surface area contributed by atoms with Crippen LogP contribution in [0.1, 0.15) is 20.8 Å². The fourth-order valence-corrected chi connectivity index (χ4v) is 3.14. The quantitative estimate of drug-likeness (QED) is 0.492. The molecule has 150 valence electrons. The van der Waals surface area contributed by atoms with Gasteiger partial charge in [-0.3, -0.25) is 4.57 Å². The van der Waals surface area contributed by atoms with Crippen LogP contribution in [0.5, 0.6) is 0 Å². The van der Waals surface area contributed by atoms with E-state index in [0.717, 1.165) is 23.4 Å². The van der Waals surface area contributed by atoms with Gasteiger partial charge in [0.1, 0.15) is 5.52 Å². The number of imidazole rings is 2. The molecule has 0 atom stereocenters. The zero-order chi connectivity index (χ0) is 20.4. The fraction of sp³-hybridized carbons (Fsp3) is 0.300. The zero-order valence-corrected chi connectivity index (χ0v) is 17.4. The molecule has 0 saturated heterocycles. The van der Waals surface area contributed by atoms with Gasteiger partial charge in [0, 0.05) is 41.7 Å². The van der Waals surface area contributed by atoms with E-state index in [2.05, 4.69) is 41.4 Å². The van der Waals surface area contributed by atoms with E-state index in [1.165, 1.54) is 0 Å². The Hall–Kier alpha value is -3.13. The van der Waals surface area contributed by atoms with Crippen LogP contribution in [0.25, 0.3) is 11.2 Å². The summed E-state index contributed by atoms with van der Waals surface area (Å²) in [6.07, 6.45) is 7.24. The van der Waals surface area contributed by atoms with Crippen LogP contribution in [0.3, 0.4) is 0 Å². The molecule has 0 spiro atoms. The van der Waals surface area contributed by atoms with Crippen LogP contribution < -0.4 is 10.6 Å². The Morgan fingerprint density at radius 3 is 2.72 bits per heavy atom. The number of aromatic nitrogens is 6. The minimum atomic E-state index is -0.142. The van der Waals surface area contributed by atoms with Crippen molar-refractivity contribution in [3.63, 3.8) is 0 Å². The van der Waals surface area contributed by atoms with Gasteiger partial charge >= 0.3 is 0 Å². The molecule has 3 aromatic heterocycles. The molecule has 4 aromatic rings. The van der Waals surface area contributed by atoms with E-state index >= 15 is 0 Å². The topological polar surface area (TPSA) is 85.5 Å². The number of halogens is 1. The highest BCUT2D eigenvalue weighted by atomic mass is 35.5. The predicted molar refractivity (Wildman–Crippen MR) is 116 cm³/mol. The molecule has 0 fully saturated rings. The summed E-state index contributed by atoms with van der Waals surface area (Å²) in [5.74, 6) is 1.26. The first-order chi connectivity index (χ1) is 13.9. The number of aryl methyl sites for hydroxylation is 2. The second kappa shape index (κ2) is 7.71. The molecular formula is C20H23ClN8. The van der Waals surface area contributed by atoms with Crippen LogP contribution in [0.4, 0.5) is 17.6 Å². The maximum absolute atomic E-state index is 6.13. The Kier molecular flexibility index (Phi) is 5.10. The largest absolute Gasteiger partial charge is 0.350 e. The smallest absolute Gasteiger partial charge is 0.225 e. The van der Waals surface area contributed by atoms with Gasteiger partial charge in [0.2, 0.25) is 11.9 Å². The number of benzene rings is 1. The number of rotatable bonds is 6. The lowest BCUT2D eigenvalue weighted by Gasteiger charge is -2.20. The first-order valence-corrected chi connectivity index (χ1v) is 9.75. The van der Waals surface area contributed by atoms with Crippen molar-refractivity contribution in [2.24, 2.45) is 0 Å². The molecule has 0 aliphatic heterocycles. The van der Waals surface area contributed by atoms with E-state index in [-0.39, 0.29) is 5.54 Å². The van der Waals surface area contributed by atoms with E-state index in [1.807, 2.05) is 39.6 Å². The van der Waals surface area contributed by atoms with Gasteiger partial charge in [-0.1, -0.05) is 17.7 Å². The van der Waals surface area contributed by atoms with Gasteiger partial charge < -0.3 is 15.2 Å². The van der Waals surface area contributed by atoms with Crippen LogP contribution in [0, 0.1) is 0 Å². The van der Waals surface area contributed by atoms with Crippen molar-refractivity contribution in [2.75, 3.05) is 10.6 Å². The summed E-state index contributed by atoms with van der Waals surface area (Å²) < 4.78 is 4.07. The van der Waals surface area contributed by atoms with Gasteiger partial charge in [0.05, 0.1) is 12.5 Å². The highest BCUT2D eigenvalue weighted by Crippen LogP contribution is 2.24. The third kappa shape index (κ3) is 4.65. The fourth-order valence-electron chi connectivity index (χ4n) is 2.95. The van der Waals surface area contributed by atoms with Crippen molar-refractivity contribution >= 4 is 40.3 Å². The maximum Gasteiger partial charge on any atom is 0.225 e. The average Bonchev–Trinajstić information content (AvgIpc) is 3.26. The molecular weight excluding hydrogens is 388 g/mol. The van der Waals surface area contributed by atoms with E-state index in [9.17, 15) is 0 Å². The molecule has 3 heterocycles. The van der Waals surface area contributed by atoms with E-state index in [4.69, 9.17) is 21.6 Å². The van der Waals surface area contributed by atoms with Crippen molar-refractivity contribution in [1.29, 1.82) is 0 Å². The van der Waals surface area contributed by atoms with Crippen LogP contribution >= 0.6 is 11.6 Å². The van der Waals surface area contributed by atoms with Crippen molar-refractivity contribution in [1.82, 2.24) is 29.1 Å². The third-order valence-corrected chi connectivity index (χ3v) is 4.43. The zero-order valence-electron chi connectivity index (χ0n) is 16.6. The second-order valence-corrected chi connectivity index (χ2v) is 8.24. The monoisotopic (exact) mass is 410 g/mol. The molecule has 0 aliphatic rings. The summed E-state index contributed by atoms with van der Waals surface area (Å²) in [5.41, 5.74) is 2.20. The average molecular weight is 411 g/mol. The summed E-state index contributed by atoms with van der Waals surface area (Å²) in [6.45, 7) is 7.62. The number of nitrogens with zero attached hydrogens (tertiary/aromatic N) is 6. The molecule has 1 aromatic carbocycles. The first-order valence-electron chi connectivity index (χ1n) is 9.37. The van der Waals surface area contributed by atoms with Crippen LogP contribution in [-0.2, 0) is 13.1 Å². The van der Waals surface area contributed by atoms with E-state index in [1.54, 1.807) is 18.7 Å². The van der Waals surface area contributed by atoms with Crippen molar-refractivity contribution in [2.45, 2.75) is 39.4 Å². The first kappa shape index (κ1) is 19.2. The Labute approximate surface area is 174 Å². The number of hydrogen-bond donors (Lipinski definition) is 2. The summed E-state index contributed by atoms with van der Waals surface area (Å²) in [6, 6.07) is 7.54. The van der Waals surface area contributed by atoms with Crippen molar-refractivity contribution < 1.29 is 0 Å². The molecule has 0 aliphatic carbocycles. The maximum atomic E-state index is 6.13. The van der Waals surface area contributed by atoms with E-state index in [0.29, 0.717) is 23.5 Å². The minimum absolute atomic E-state index is 0.142. The van der Waals surface area contributed by atoms with Crippen molar-refractivity contribution in [3.8, 4) is 0 Å². The molecule has 0 saturated carbocycles. The molecule has 0 bridgehead atoms. The van der Waals surface area contributed by atoms with Gasteiger partial charge in [-0.2, -0.15) is 4.98 Å². The molecule has 9 heteroatoms. The summed E-state index contributed by atoms with van der Waals surface area (Å²) in [5, 5.41) is 7.33. The molecule has 4 rings (SSSR count).